The normalized spacial score (nSPS) is 24.3. The van der Waals surface area contributed by atoms with Crippen molar-refractivity contribution >= 4 is 54.8 Å². The van der Waals surface area contributed by atoms with Crippen molar-refractivity contribution in [3.05, 3.63) is 34.9 Å². The van der Waals surface area contributed by atoms with E-state index in [-0.39, 0.29) is 19.5 Å². The van der Waals surface area contributed by atoms with E-state index in [1.54, 1.807) is 24.3 Å². The van der Waals surface area contributed by atoms with Crippen LogP contribution in [0.15, 0.2) is 29.3 Å². The highest BCUT2D eigenvalue weighted by atomic mass is 35.5. The molecular formula is C19H25ClN2O16S3. The molecule has 1 aromatic carbocycles. The quantitative estimate of drug-likeness (QED) is 0.0776. The molecule has 0 spiro atoms. The molecule has 2 rings (SSSR count). The van der Waals surface area contributed by atoms with Gasteiger partial charge in [-0.3, -0.25) is 18.5 Å². The van der Waals surface area contributed by atoms with Gasteiger partial charge in [-0.25, -0.2) is 22.3 Å². The minimum atomic E-state index is -5.45. The molecule has 1 aliphatic heterocycles. The van der Waals surface area contributed by atoms with Crippen LogP contribution >= 0.6 is 11.6 Å². The van der Waals surface area contributed by atoms with Crippen molar-refractivity contribution in [3.8, 4) is 0 Å². The highest BCUT2D eigenvalue weighted by molar-refractivity contribution is 7.81. The third-order valence-electron chi connectivity index (χ3n) is 5.25. The van der Waals surface area contributed by atoms with E-state index in [2.05, 4.69) is 22.9 Å². The van der Waals surface area contributed by atoms with Crippen molar-refractivity contribution in [2.45, 2.75) is 44.1 Å². The lowest BCUT2D eigenvalue weighted by Gasteiger charge is -2.42. The molecule has 22 heteroatoms. The summed E-state index contributed by atoms with van der Waals surface area (Å²) in [5.41, 5.74) is 0.702. The summed E-state index contributed by atoms with van der Waals surface area (Å²) in [5.74, 6) is -1.41. The average molecular weight is 669 g/mol. The first-order valence-electron chi connectivity index (χ1n) is 11.2. The number of isocyanates is 1. The fourth-order valence-corrected chi connectivity index (χ4v) is 5.31. The van der Waals surface area contributed by atoms with E-state index in [0.29, 0.717) is 10.6 Å². The molecule has 4 N–H and O–H groups in total. The third-order valence-corrected chi connectivity index (χ3v) is 6.90. The van der Waals surface area contributed by atoms with Gasteiger partial charge >= 0.3 is 31.2 Å². The van der Waals surface area contributed by atoms with Crippen molar-refractivity contribution in [2.75, 3.05) is 19.7 Å². The second-order valence-electron chi connectivity index (χ2n) is 8.30. The van der Waals surface area contributed by atoms with Crippen LogP contribution in [0.3, 0.4) is 0 Å². The smallest absolute Gasteiger partial charge is 0.353 e. The summed E-state index contributed by atoms with van der Waals surface area (Å²) in [6, 6.07) is 6.53. The van der Waals surface area contributed by atoms with Gasteiger partial charge in [0.1, 0.15) is 12.2 Å². The number of carbonyl (C=O) groups excluding carboxylic acids is 2. The largest absolute Gasteiger partial charge is 0.397 e. The molecule has 232 valence electrons. The molecule has 1 unspecified atom stereocenters. The first-order chi connectivity index (χ1) is 18.9. The zero-order valence-corrected chi connectivity index (χ0v) is 24.0. The zero-order chi connectivity index (χ0) is 31.0. The van der Waals surface area contributed by atoms with Crippen LogP contribution in [0.2, 0.25) is 5.02 Å². The summed E-state index contributed by atoms with van der Waals surface area (Å²) < 4.78 is 119. The summed E-state index contributed by atoms with van der Waals surface area (Å²) in [6.45, 7) is 0.0902. The van der Waals surface area contributed by atoms with Gasteiger partial charge in [0.25, 0.3) is 0 Å². The van der Waals surface area contributed by atoms with E-state index in [1.165, 1.54) is 6.08 Å². The van der Waals surface area contributed by atoms with E-state index >= 15 is 0 Å². The molecule has 1 heterocycles. The lowest BCUT2D eigenvalue weighted by atomic mass is 9.98. The number of carbonyl (C=O) groups is 1. The van der Waals surface area contributed by atoms with Gasteiger partial charge in [-0.1, -0.05) is 23.7 Å². The Morgan fingerprint density at radius 3 is 2.07 bits per heavy atom. The second-order valence-corrected chi connectivity index (χ2v) is 11.9. The fraction of sp³-hybridized carbons (Fsp3) is 0.579. The number of benzene rings is 1. The number of nitrogens with one attached hydrogen (secondary N) is 1. The lowest BCUT2D eigenvalue weighted by Crippen LogP contribution is -2.61. The van der Waals surface area contributed by atoms with Gasteiger partial charge < -0.3 is 14.8 Å². The molecule has 18 nitrogen and oxygen atoms in total. The summed E-state index contributed by atoms with van der Waals surface area (Å²) in [4.78, 5) is 26.7. The number of halogens is 1. The molecule has 0 aromatic heterocycles. The van der Waals surface area contributed by atoms with E-state index in [9.17, 15) is 34.8 Å². The van der Waals surface area contributed by atoms with Gasteiger partial charge in [-0.2, -0.15) is 25.3 Å². The van der Waals surface area contributed by atoms with Gasteiger partial charge in [0.2, 0.25) is 12.0 Å². The summed E-state index contributed by atoms with van der Waals surface area (Å²) in [5, 5.41) is 2.94. The number of nitrogens with zero attached hydrogens (tertiary/aromatic N) is 1. The Balaban J connectivity index is 2.16. The maximum atomic E-state index is 12.7. The Hall–Kier alpha value is -2.11. The summed E-state index contributed by atoms with van der Waals surface area (Å²) >= 11 is 5.85. The van der Waals surface area contributed by atoms with Crippen LogP contribution in [0.5, 0.6) is 0 Å². The number of hydrogen-bond acceptors (Lipinski definition) is 14. The third kappa shape index (κ3) is 12.7. The van der Waals surface area contributed by atoms with Crippen molar-refractivity contribution in [1.82, 2.24) is 5.32 Å². The van der Waals surface area contributed by atoms with Gasteiger partial charge in [-0.15, -0.1) is 0 Å². The monoisotopic (exact) mass is 668 g/mol. The predicted octanol–water partition coefficient (Wildman–Crippen LogP) is -0.724. The van der Waals surface area contributed by atoms with Crippen LogP contribution in [0.25, 0.3) is 0 Å². The standard InChI is InChI=1S/C19H25ClN2O16S3/c1-11-15(36-39(25,26)27)16(37-40(28,29)30)17(38-41(31,32)33)19(35-11)34-7-6-22-18(24)13(9-21-10-23)8-12-2-4-14(20)5-3-12/h2-5,11,13,15-17,19H,6-9H2,1H3,(H,22,24)(H,25,26,27)(H,28,29,30)(H,31,32,33)/t11-,13?,15+,16+,17-,19+/m0/s1. The molecule has 1 amide bonds. The SMILES string of the molecule is C[C@@H]1O[C@@H](OCCNC(=O)C(CN=C=O)Cc2ccc(Cl)cc2)[C@@H](OS(=O)(=O)O)[C@H](OS(=O)(=O)O)[C@@H]1OS(=O)(=O)O. The van der Waals surface area contributed by atoms with E-state index in [0.717, 1.165) is 6.92 Å². The Morgan fingerprint density at radius 2 is 1.54 bits per heavy atom. The molecule has 41 heavy (non-hydrogen) atoms. The zero-order valence-electron chi connectivity index (χ0n) is 20.8. The van der Waals surface area contributed by atoms with Gasteiger partial charge in [0, 0.05) is 11.6 Å². The van der Waals surface area contributed by atoms with Crippen LogP contribution < -0.4 is 5.32 Å². The van der Waals surface area contributed by atoms with Crippen LogP contribution in [-0.4, -0.2) is 101 Å². The van der Waals surface area contributed by atoms with E-state index in [4.69, 9.17) is 34.7 Å². The molecule has 6 atom stereocenters. The molecule has 0 bridgehead atoms. The Kier molecular flexibility index (Phi) is 12.7. The van der Waals surface area contributed by atoms with Crippen molar-refractivity contribution in [3.63, 3.8) is 0 Å². The minimum Gasteiger partial charge on any atom is -0.353 e. The topological polar surface area (TPSA) is 268 Å². The predicted molar refractivity (Wildman–Crippen MR) is 134 cm³/mol. The molecule has 1 saturated heterocycles. The average Bonchev–Trinajstić information content (AvgIpc) is 2.82. The minimum absolute atomic E-state index is 0.159. The summed E-state index contributed by atoms with van der Waals surface area (Å²) in [7, 11) is -16.2. The van der Waals surface area contributed by atoms with Gasteiger partial charge in [0.15, 0.2) is 12.4 Å². The fourth-order valence-electron chi connectivity index (χ4n) is 3.66. The van der Waals surface area contributed by atoms with Gasteiger partial charge in [0.05, 0.1) is 25.2 Å². The first kappa shape index (κ1) is 35.1. The number of amides is 1. The van der Waals surface area contributed by atoms with Crippen molar-refractivity contribution < 1.29 is 70.5 Å². The molecule has 1 aromatic rings. The maximum absolute atomic E-state index is 12.7. The van der Waals surface area contributed by atoms with Crippen molar-refractivity contribution in [2.24, 2.45) is 10.9 Å². The van der Waals surface area contributed by atoms with Crippen molar-refractivity contribution in [1.29, 1.82) is 0 Å². The van der Waals surface area contributed by atoms with Crippen LogP contribution in [-0.2, 0) is 69.2 Å². The highest BCUT2D eigenvalue weighted by Crippen LogP contribution is 2.31. The van der Waals surface area contributed by atoms with E-state index < -0.39 is 80.3 Å². The second kappa shape index (κ2) is 14.9. The number of ether oxygens (including phenoxy) is 2. The molecular weight excluding hydrogens is 644 g/mol. The number of hydrogen-bond donors (Lipinski definition) is 4. The van der Waals surface area contributed by atoms with E-state index in [1.807, 2.05) is 0 Å². The lowest BCUT2D eigenvalue weighted by molar-refractivity contribution is -0.278. The molecule has 0 radical (unpaired) electrons. The first-order valence-corrected chi connectivity index (χ1v) is 15.7. The summed E-state index contributed by atoms with van der Waals surface area (Å²) in [6.07, 6.45) is -8.86. The van der Waals surface area contributed by atoms with Crippen LogP contribution in [0.4, 0.5) is 0 Å². The Morgan fingerprint density at radius 1 is 1.00 bits per heavy atom. The molecule has 1 fully saturated rings. The van der Waals surface area contributed by atoms with Gasteiger partial charge in [-0.05, 0) is 31.0 Å². The number of rotatable bonds is 15. The molecule has 0 aliphatic carbocycles. The van der Waals surface area contributed by atoms with Crippen LogP contribution in [0.1, 0.15) is 12.5 Å². The number of aliphatic imine (C=N–C) groups is 1. The maximum Gasteiger partial charge on any atom is 0.397 e. The highest BCUT2D eigenvalue weighted by Gasteiger charge is 2.52. The Labute approximate surface area is 239 Å². The Bertz CT molecular complexity index is 1410. The molecule has 0 saturated carbocycles. The van der Waals surface area contributed by atoms with Crippen LogP contribution in [0, 0.1) is 5.92 Å². The molecule has 1 aliphatic rings.